The fourth-order valence-electron chi connectivity index (χ4n) is 4.76. The zero-order chi connectivity index (χ0) is 26.1. The van der Waals surface area contributed by atoms with Gasteiger partial charge in [-0.2, -0.15) is 0 Å². The summed E-state index contributed by atoms with van der Waals surface area (Å²) in [5.74, 6) is -0.401. The second-order valence-corrected chi connectivity index (χ2v) is 9.92. The third-order valence-corrected chi connectivity index (χ3v) is 7.65. The van der Waals surface area contributed by atoms with Crippen molar-refractivity contribution in [3.05, 3.63) is 80.0 Å². The van der Waals surface area contributed by atoms with Gasteiger partial charge in [-0.25, -0.2) is 9.78 Å². The zero-order valence-electron chi connectivity index (χ0n) is 19.9. The van der Waals surface area contributed by atoms with E-state index in [1.54, 1.807) is 40.4 Å². The fraction of sp³-hybridized carbons (Fsp3) is 0.333. The third kappa shape index (κ3) is 4.89. The van der Waals surface area contributed by atoms with Gasteiger partial charge in [0.05, 0.1) is 34.1 Å². The summed E-state index contributed by atoms with van der Waals surface area (Å²) in [6.45, 7) is 2.02. The van der Waals surface area contributed by atoms with Gasteiger partial charge in [0.25, 0.3) is 11.6 Å². The van der Waals surface area contributed by atoms with E-state index in [1.165, 1.54) is 28.4 Å². The number of fused-ring (bicyclic) bond motifs is 1. The number of aromatic nitrogens is 2. The van der Waals surface area contributed by atoms with Crippen molar-refractivity contribution in [3.8, 4) is 0 Å². The van der Waals surface area contributed by atoms with E-state index in [0.717, 1.165) is 17.0 Å². The molecule has 0 radical (unpaired) electrons. The van der Waals surface area contributed by atoms with Gasteiger partial charge in [-0.3, -0.25) is 19.7 Å². The second kappa shape index (κ2) is 10.0. The van der Waals surface area contributed by atoms with Crippen LogP contribution in [-0.2, 0) is 24.3 Å². The molecule has 3 aromatic rings. The maximum absolute atomic E-state index is 13.6. The van der Waals surface area contributed by atoms with Crippen molar-refractivity contribution in [2.45, 2.75) is 25.6 Å². The molecule has 0 spiro atoms. The summed E-state index contributed by atoms with van der Waals surface area (Å²) in [7, 11) is 0. The number of nitro benzene ring substituents is 1. The van der Waals surface area contributed by atoms with Crippen LogP contribution in [-0.4, -0.2) is 79.2 Å². The predicted molar refractivity (Wildman–Crippen MR) is 134 cm³/mol. The van der Waals surface area contributed by atoms with E-state index in [1.807, 2.05) is 9.95 Å². The van der Waals surface area contributed by atoms with E-state index in [4.69, 9.17) is 5.73 Å². The van der Waals surface area contributed by atoms with E-state index in [-0.39, 0.29) is 30.5 Å². The fourth-order valence-corrected chi connectivity index (χ4v) is 5.44. The summed E-state index contributed by atoms with van der Waals surface area (Å²) >= 11 is 1.32. The highest BCUT2D eigenvalue weighted by molar-refractivity contribution is 7.12. The molecule has 0 aliphatic carbocycles. The molecular weight excluding hydrogens is 498 g/mol. The van der Waals surface area contributed by atoms with E-state index in [2.05, 4.69) is 4.98 Å². The first kappa shape index (κ1) is 24.4. The first-order valence-electron chi connectivity index (χ1n) is 11.8. The number of piperazine rings is 1. The summed E-state index contributed by atoms with van der Waals surface area (Å²) in [6.07, 6.45) is 1.95. The Labute approximate surface area is 216 Å². The molecule has 1 atom stereocenters. The van der Waals surface area contributed by atoms with Gasteiger partial charge in [0, 0.05) is 51.3 Å². The Morgan fingerprint density at radius 2 is 1.78 bits per heavy atom. The zero-order valence-corrected chi connectivity index (χ0v) is 20.7. The van der Waals surface area contributed by atoms with Crippen LogP contribution in [0.2, 0.25) is 0 Å². The third-order valence-electron chi connectivity index (χ3n) is 6.80. The Bertz CT molecular complexity index is 1330. The van der Waals surface area contributed by atoms with E-state index >= 15 is 0 Å². The molecule has 0 saturated carbocycles. The Morgan fingerprint density at radius 1 is 1.08 bits per heavy atom. The van der Waals surface area contributed by atoms with Crippen LogP contribution in [0.5, 0.6) is 0 Å². The predicted octanol–water partition coefficient (Wildman–Crippen LogP) is 1.69. The van der Waals surface area contributed by atoms with Gasteiger partial charge in [-0.05, 0) is 17.0 Å². The van der Waals surface area contributed by atoms with Gasteiger partial charge in [0.1, 0.15) is 6.04 Å². The average Bonchev–Trinajstić information content (AvgIpc) is 3.58. The number of nitro groups is 1. The van der Waals surface area contributed by atoms with Crippen LogP contribution >= 0.6 is 11.3 Å². The maximum Gasteiger partial charge on any atom is 0.314 e. The Balaban J connectivity index is 1.40. The average molecular weight is 524 g/mol. The number of non-ortho nitro benzene ring substituents is 1. The number of nitrogens with zero attached hydrogens (tertiary/aromatic N) is 6. The van der Waals surface area contributed by atoms with Crippen LogP contribution in [0.4, 0.5) is 10.5 Å². The minimum atomic E-state index is -0.718. The number of imidazole rings is 1. The van der Waals surface area contributed by atoms with Crippen molar-refractivity contribution in [1.29, 1.82) is 0 Å². The number of rotatable bonds is 5. The van der Waals surface area contributed by atoms with Crippen molar-refractivity contribution < 1.29 is 19.3 Å². The van der Waals surface area contributed by atoms with Crippen LogP contribution in [0.1, 0.15) is 26.6 Å². The molecule has 37 heavy (non-hydrogen) atoms. The topological polar surface area (TPSA) is 148 Å². The standard InChI is InChI=1S/C24H25N7O5S/c25-24(34)28-9-7-27(8-10-28)22(32)19-12-18-20(14-30(19)23(33)21-2-1-11-37-21)29(15-26-18)13-16-3-5-17(6-4-16)31(35)36/h1-6,11,15,19H,7-10,12-14H2,(H2,25,34). The molecule has 0 bridgehead atoms. The molecule has 2 aliphatic heterocycles. The van der Waals surface area contributed by atoms with Crippen LogP contribution in [0.15, 0.2) is 48.1 Å². The first-order valence-corrected chi connectivity index (χ1v) is 12.6. The number of hydrogen-bond acceptors (Lipinski definition) is 7. The SMILES string of the molecule is NC(=O)N1CCN(C(=O)C2Cc3ncn(Cc4ccc([N+](=O)[O-])cc4)c3CN2C(=O)c2cccs2)CC1. The van der Waals surface area contributed by atoms with E-state index in [9.17, 15) is 24.5 Å². The largest absolute Gasteiger partial charge is 0.351 e. The Hall–Kier alpha value is -4.26. The summed E-state index contributed by atoms with van der Waals surface area (Å²) in [6, 6.07) is 8.61. The molecule has 2 N–H and O–H groups in total. The van der Waals surface area contributed by atoms with Gasteiger partial charge in [0.15, 0.2) is 0 Å². The van der Waals surface area contributed by atoms with Crippen LogP contribution in [0.3, 0.4) is 0 Å². The smallest absolute Gasteiger partial charge is 0.314 e. The van der Waals surface area contributed by atoms with Gasteiger partial charge >= 0.3 is 6.03 Å². The molecule has 4 amide bonds. The lowest BCUT2D eigenvalue weighted by Crippen LogP contribution is -2.58. The lowest BCUT2D eigenvalue weighted by Gasteiger charge is -2.40. The number of amides is 4. The molecular formula is C24H25N7O5S. The van der Waals surface area contributed by atoms with Gasteiger partial charge in [-0.1, -0.05) is 18.2 Å². The molecule has 1 unspecified atom stereocenters. The van der Waals surface area contributed by atoms with Crippen LogP contribution < -0.4 is 5.73 Å². The van der Waals surface area contributed by atoms with E-state index in [0.29, 0.717) is 37.6 Å². The number of thiophene rings is 1. The van der Waals surface area contributed by atoms with Crippen molar-refractivity contribution in [3.63, 3.8) is 0 Å². The highest BCUT2D eigenvalue weighted by atomic mass is 32.1. The molecule has 1 aromatic carbocycles. The minimum absolute atomic E-state index is 0.0159. The van der Waals surface area contributed by atoms with Crippen LogP contribution in [0.25, 0.3) is 0 Å². The van der Waals surface area contributed by atoms with E-state index < -0.39 is 17.0 Å². The van der Waals surface area contributed by atoms with Gasteiger partial charge in [-0.15, -0.1) is 11.3 Å². The number of carbonyl (C=O) groups excluding carboxylic acids is 3. The van der Waals surface area contributed by atoms with Crippen molar-refractivity contribution in [2.75, 3.05) is 26.2 Å². The molecule has 2 aliphatic rings. The molecule has 1 fully saturated rings. The molecule has 2 aromatic heterocycles. The number of hydrogen-bond donors (Lipinski definition) is 1. The van der Waals surface area contributed by atoms with Crippen molar-refractivity contribution in [2.24, 2.45) is 5.73 Å². The summed E-state index contributed by atoms with van der Waals surface area (Å²) < 4.78 is 1.91. The van der Waals surface area contributed by atoms with Crippen molar-refractivity contribution in [1.82, 2.24) is 24.3 Å². The quantitative estimate of drug-likeness (QED) is 0.397. The lowest BCUT2D eigenvalue weighted by molar-refractivity contribution is -0.384. The number of benzene rings is 1. The molecule has 13 heteroatoms. The maximum atomic E-state index is 13.6. The summed E-state index contributed by atoms with van der Waals surface area (Å²) in [5, 5.41) is 12.8. The highest BCUT2D eigenvalue weighted by Gasteiger charge is 2.40. The molecule has 5 rings (SSSR count). The van der Waals surface area contributed by atoms with Crippen LogP contribution in [0, 0.1) is 10.1 Å². The normalized spacial score (nSPS) is 17.4. The molecule has 4 heterocycles. The Kier molecular flexibility index (Phi) is 6.61. The summed E-state index contributed by atoms with van der Waals surface area (Å²) in [5.41, 5.74) is 7.81. The number of nitrogens with two attached hydrogens (primary N) is 1. The second-order valence-electron chi connectivity index (χ2n) is 8.97. The molecule has 192 valence electrons. The van der Waals surface area contributed by atoms with Gasteiger partial charge in [0.2, 0.25) is 5.91 Å². The lowest BCUT2D eigenvalue weighted by atomic mass is 10.00. The first-order chi connectivity index (χ1) is 17.8. The Morgan fingerprint density at radius 3 is 2.41 bits per heavy atom. The number of carbonyl (C=O) groups is 3. The summed E-state index contributed by atoms with van der Waals surface area (Å²) in [4.78, 5) is 59.0. The molecule has 1 saturated heterocycles. The number of primary amides is 1. The highest BCUT2D eigenvalue weighted by Crippen LogP contribution is 2.28. The number of urea groups is 1. The molecule has 12 nitrogen and oxygen atoms in total. The minimum Gasteiger partial charge on any atom is -0.351 e. The van der Waals surface area contributed by atoms with Crippen molar-refractivity contribution >= 4 is 34.9 Å². The monoisotopic (exact) mass is 523 g/mol. The van der Waals surface area contributed by atoms with Gasteiger partial charge < -0.3 is 25.0 Å².